The minimum absolute atomic E-state index is 0.197. The van der Waals surface area contributed by atoms with Gasteiger partial charge in [0.15, 0.2) is 0 Å². The third kappa shape index (κ3) is 5.05. The molecule has 3 rings (SSSR count). The van der Waals surface area contributed by atoms with Crippen molar-refractivity contribution in [1.29, 1.82) is 0 Å². The summed E-state index contributed by atoms with van der Waals surface area (Å²) >= 11 is 1.99. The Kier molecular flexibility index (Phi) is 5.82. The SMILES string of the molecule is Cc1c(Cc2cccc(NS(N)(=O)=O)c2)c(=O)oc2cc(OC(N)=O)c(I)cc12. The van der Waals surface area contributed by atoms with E-state index in [1.807, 2.05) is 22.6 Å². The van der Waals surface area contributed by atoms with Crippen LogP contribution in [0.25, 0.3) is 11.0 Å². The molecule has 0 bridgehead atoms. The molecule has 152 valence electrons. The Morgan fingerprint density at radius 1 is 1.28 bits per heavy atom. The topological polar surface area (TPSA) is 155 Å². The van der Waals surface area contributed by atoms with Crippen LogP contribution in [0.5, 0.6) is 5.75 Å². The van der Waals surface area contributed by atoms with E-state index >= 15 is 0 Å². The first-order chi connectivity index (χ1) is 13.5. The van der Waals surface area contributed by atoms with Gasteiger partial charge in [0.1, 0.15) is 11.3 Å². The van der Waals surface area contributed by atoms with Gasteiger partial charge in [-0.15, -0.1) is 0 Å². The van der Waals surface area contributed by atoms with E-state index in [2.05, 4.69) is 4.72 Å². The molecular weight excluding hydrogens is 513 g/mol. The molecule has 0 atom stereocenters. The number of benzene rings is 2. The Bertz CT molecular complexity index is 1290. The van der Waals surface area contributed by atoms with Gasteiger partial charge in [0.05, 0.1) is 9.26 Å². The number of fused-ring (bicyclic) bond motifs is 1. The Hall–Kier alpha value is -2.64. The van der Waals surface area contributed by atoms with Crippen LogP contribution in [0.1, 0.15) is 16.7 Å². The second kappa shape index (κ2) is 8.00. The van der Waals surface area contributed by atoms with Gasteiger partial charge in [-0.25, -0.2) is 14.7 Å². The molecule has 0 aliphatic heterocycles. The van der Waals surface area contributed by atoms with Gasteiger partial charge in [-0.3, -0.25) is 4.72 Å². The van der Waals surface area contributed by atoms with E-state index < -0.39 is 21.9 Å². The van der Waals surface area contributed by atoms with E-state index in [0.717, 1.165) is 0 Å². The third-order valence-electron chi connectivity index (χ3n) is 4.12. The lowest BCUT2D eigenvalue weighted by molar-refractivity contribution is 0.210. The number of nitrogens with one attached hydrogen (secondary N) is 1. The van der Waals surface area contributed by atoms with Crippen molar-refractivity contribution in [1.82, 2.24) is 0 Å². The monoisotopic (exact) mass is 529 g/mol. The lowest BCUT2D eigenvalue weighted by Crippen LogP contribution is -2.21. The molecule has 1 aromatic heterocycles. The van der Waals surface area contributed by atoms with Crippen LogP contribution < -0.4 is 26.0 Å². The Morgan fingerprint density at radius 3 is 2.66 bits per heavy atom. The maximum atomic E-state index is 12.6. The standard InChI is InChI=1S/C18H16IN3O6S/c1-9-12-7-14(19)16(28-18(20)24)8-15(12)27-17(23)13(9)6-10-3-2-4-11(5-10)22-29(21,25)26/h2-5,7-8,22H,6H2,1H3,(H2,20,24)(H2,21,25,26). The summed E-state index contributed by atoms with van der Waals surface area (Å²) in [6, 6.07) is 9.71. The van der Waals surface area contributed by atoms with E-state index in [9.17, 15) is 18.0 Å². The van der Waals surface area contributed by atoms with Crippen LogP contribution in [0.3, 0.4) is 0 Å². The number of hydrogen-bond acceptors (Lipinski definition) is 6. The average Bonchev–Trinajstić information content (AvgIpc) is 2.59. The summed E-state index contributed by atoms with van der Waals surface area (Å²) in [5.74, 6) is 0.197. The summed E-state index contributed by atoms with van der Waals surface area (Å²) in [5, 5.41) is 5.67. The van der Waals surface area contributed by atoms with Crippen molar-refractivity contribution >= 4 is 55.6 Å². The van der Waals surface area contributed by atoms with E-state index in [-0.39, 0.29) is 23.4 Å². The number of carbonyl (C=O) groups is 1. The normalized spacial score (nSPS) is 11.4. The van der Waals surface area contributed by atoms with Crippen molar-refractivity contribution in [3.05, 3.63) is 67.1 Å². The van der Waals surface area contributed by atoms with Gasteiger partial charge < -0.3 is 14.9 Å². The van der Waals surface area contributed by atoms with Crippen LogP contribution in [-0.2, 0) is 16.6 Å². The number of nitrogens with two attached hydrogens (primary N) is 2. The molecule has 11 heteroatoms. The molecule has 29 heavy (non-hydrogen) atoms. The first-order valence-electron chi connectivity index (χ1n) is 8.16. The smallest absolute Gasteiger partial charge is 0.410 e. The van der Waals surface area contributed by atoms with E-state index in [1.165, 1.54) is 6.07 Å². The minimum Gasteiger partial charge on any atom is -0.422 e. The second-order valence-corrected chi connectivity index (χ2v) is 8.67. The molecule has 0 saturated heterocycles. The first-order valence-corrected chi connectivity index (χ1v) is 10.8. The molecular formula is C18H16IN3O6S. The molecule has 0 aliphatic carbocycles. The molecule has 2 aromatic carbocycles. The summed E-state index contributed by atoms with van der Waals surface area (Å²) < 4.78 is 35.6. The fourth-order valence-corrected chi connectivity index (χ4v) is 3.93. The molecule has 0 unspecified atom stereocenters. The van der Waals surface area contributed by atoms with Gasteiger partial charge in [0.25, 0.3) is 10.2 Å². The summed E-state index contributed by atoms with van der Waals surface area (Å²) in [4.78, 5) is 23.6. The van der Waals surface area contributed by atoms with E-state index in [0.29, 0.717) is 25.6 Å². The highest BCUT2D eigenvalue weighted by atomic mass is 127. The second-order valence-electron chi connectivity index (χ2n) is 6.22. The predicted octanol–water partition coefficient (Wildman–Crippen LogP) is 2.37. The number of ether oxygens (including phenoxy) is 1. The average molecular weight is 529 g/mol. The highest BCUT2D eigenvalue weighted by Crippen LogP contribution is 2.30. The summed E-state index contributed by atoms with van der Waals surface area (Å²) in [6.45, 7) is 1.78. The summed E-state index contributed by atoms with van der Waals surface area (Å²) in [6.07, 6.45) is -0.744. The van der Waals surface area contributed by atoms with Crippen LogP contribution in [0.2, 0.25) is 0 Å². The van der Waals surface area contributed by atoms with Crippen LogP contribution in [0, 0.1) is 10.5 Å². The van der Waals surface area contributed by atoms with Crippen molar-refractivity contribution in [2.45, 2.75) is 13.3 Å². The number of amides is 1. The largest absolute Gasteiger partial charge is 0.422 e. The van der Waals surface area contributed by atoms with Gasteiger partial charge >= 0.3 is 11.7 Å². The van der Waals surface area contributed by atoms with Crippen molar-refractivity contribution in [2.24, 2.45) is 10.9 Å². The van der Waals surface area contributed by atoms with Gasteiger partial charge in [-0.1, -0.05) is 12.1 Å². The van der Waals surface area contributed by atoms with Crippen molar-refractivity contribution in [2.75, 3.05) is 4.72 Å². The highest BCUT2D eigenvalue weighted by Gasteiger charge is 2.16. The molecule has 1 heterocycles. The van der Waals surface area contributed by atoms with Gasteiger partial charge in [0.2, 0.25) is 0 Å². The van der Waals surface area contributed by atoms with Crippen LogP contribution >= 0.6 is 22.6 Å². The number of primary amides is 1. The van der Waals surface area contributed by atoms with Gasteiger partial charge in [-0.2, -0.15) is 8.42 Å². The number of hydrogen-bond donors (Lipinski definition) is 3. The van der Waals surface area contributed by atoms with Gasteiger partial charge in [0, 0.05) is 23.4 Å². The number of anilines is 1. The summed E-state index contributed by atoms with van der Waals surface area (Å²) in [7, 11) is -3.91. The number of aryl methyl sites for hydroxylation is 1. The Morgan fingerprint density at radius 2 is 2.00 bits per heavy atom. The quantitative estimate of drug-likeness (QED) is 0.341. The highest BCUT2D eigenvalue weighted by molar-refractivity contribution is 14.1. The fraction of sp³-hybridized carbons (Fsp3) is 0.111. The van der Waals surface area contributed by atoms with E-state index in [1.54, 1.807) is 37.3 Å². The number of carbonyl (C=O) groups excluding carboxylic acids is 1. The van der Waals surface area contributed by atoms with Crippen LogP contribution in [0.15, 0.2) is 45.6 Å². The van der Waals surface area contributed by atoms with Crippen molar-refractivity contribution in [3.8, 4) is 5.75 Å². The van der Waals surface area contributed by atoms with Crippen LogP contribution in [-0.4, -0.2) is 14.5 Å². The summed E-state index contributed by atoms with van der Waals surface area (Å²) in [5.41, 5.74) is 6.86. The van der Waals surface area contributed by atoms with Crippen molar-refractivity contribution < 1.29 is 22.4 Å². The Labute approximate surface area is 179 Å². The fourth-order valence-electron chi connectivity index (χ4n) is 2.89. The van der Waals surface area contributed by atoms with Crippen molar-refractivity contribution in [3.63, 3.8) is 0 Å². The minimum atomic E-state index is -3.91. The third-order valence-corrected chi connectivity index (χ3v) is 5.48. The maximum absolute atomic E-state index is 12.6. The lowest BCUT2D eigenvalue weighted by atomic mass is 9.99. The molecule has 0 fully saturated rings. The maximum Gasteiger partial charge on any atom is 0.410 e. The zero-order chi connectivity index (χ0) is 21.3. The molecule has 0 spiro atoms. The molecule has 5 N–H and O–H groups in total. The Balaban J connectivity index is 2.04. The first kappa shape index (κ1) is 21.1. The zero-order valence-corrected chi connectivity index (χ0v) is 18.0. The predicted molar refractivity (Wildman–Crippen MR) is 116 cm³/mol. The lowest BCUT2D eigenvalue weighted by Gasteiger charge is -2.11. The molecule has 0 radical (unpaired) electrons. The van der Waals surface area contributed by atoms with E-state index in [4.69, 9.17) is 20.0 Å². The van der Waals surface area contributed by atoms with Gasteiger partial charge in [-0.05, 0) is 58.8 Å². The molecule has 9 nitrogen and oxygen atoms in total. The zero-order valence-electron chi connectivity index (χ0n) is 15.1. The number of rotatable bonds is 5. The van der Waals surface area contributed by atoms with Crippen LogP contribution in [0.4, 0.5) is 10.5 Å². The number of halogens is 1. The molecule has 0 aliphatic rings. The molecule has 3 aromatic rings. The molecule has 1 amide bonds. The molecule has 0 saturated carbocycles.